The number of methoxy groups -OCH3 is 1. The van der Waals surface area contributed by atoms with Crippen molar-refractivity contribution in [3.8, 4) is 0 Å². The molecule has 0 aliphatic heterocycles. The van der Waals surface area contributed by atoms with Crippen LogP contribution in [0, 0.1) is 0 Å². The van der Waals surface area contributed by atoms with Crippen molar-refractivity contribution in [1.29, 1.82) is 0 Å². The zero-order valence-electron chi connectivity index (χ0n) is 9.77. The normalized spacial score (nSPS) is 9.76. The predicted molar refractivity (Wildman–Crippen MR) is 59.2 cm³/mol. The molecule has 0 spiro atoms. The number of nitrogens with zero attached hydrogens (tertiary/aromatic N) is 3. The number of amides is 1. The highest BCUT2D eigenvalue weighted by Gasteiger charge is 2.10. The molecule has 1 heterocycles. The van der Waals surface area contributed by atoms with Gasteiger partial charge in [-0.1, -0.05) is 11.8 Å². The second kappa shape index (κ2) is 5.78. The van der Waals surface area contributed by atoms with Crippen molar-refractivity contribution in [3.63, 3.8) is 0 Å². The largest absolute Gasteiger partial charge is 0.464 e. The molecule has 1 amide bonds. The minimum atomic E-state index is -0.540. The maximum absolute atomic E-state index is 11.2. The molecule has 0 fully saturated rings. The van der Waals surface area contributed by atoms with E-state index in [9.17, 15) is 9.59 Å². The third kappa shape index (κ3) is 3.71. The molecule has 92 valence electrons. The van der Waals surface area contributed by atoms with Crippen LogP contribution in [-0.2, 0) is 16.1 Å². The van der Waals surface area contributed by atoms with Crippen LogP contribution in [0.4, 0.5) is 0 Å². The quantitative estimate of drug-likeness (QED) is 0.565. The molecule has 0 aliphatic carbocycles. The van der Waals surface area contributed by atoms with Crippen LogP contribution >= 0.6 is 0 Å². The lowest BCUT2D eigenvalue weighted by atomic mass is 10.3. The van der Waals surface area contributed by atoms with Crippen molar-refractivity contribution >= 4 is 11.9 Å². The Bertz CT molecular complexity index is 439. The van der Waals surface area contributed by atoms with Crippen LogP contribution in [0.25, 0.3) is 0 Å². The molecule has 0 saturated carbocycles. The van der Waals surface area contributed by atoms with Crippen LogP contribution in [0.5, 0.6) is 0 Å². The van der Waals surface area contributed by atoms with Crippen LogP contribution in [0.15, 0.2) is 18.3 Å². The number of carbonyl (C=O) groups excluding carboxylic acids is 2. The van der Waals surface area contributed by atoms with Gasteiger partial charge in [-0.3, -0.25) is 4.79 Å². The molecule has 1 aromatic rings. The first-order valence-electron chi connectivity index (χ1n) is 4.96. The third-order valence-electron chi connectivity index (χ3n) is 1.95. The summed E-state index contributed by atoms with van der Waals surface area (Å²) in [6, 6.07) is 0. The maximum Gasteiger partial charge on any atom is 0.360 e. The summed E-state index contributed by atoms with van der Waals surface area (Å²) < 4.78 is 5.94. The van der Waals surface area contributed by atoms with Gasteiger partial charge in [-0.15, -0.1) is 5.10 Å². The highest BCUT2D eigenvalue weighted by atomic mass is 16.5. The van der Waals surface area contributed by atoms with Crippen LogP contribution < -0.4 is 5.32 Å². The lowest BCUT2D eigenvalue weighted by molar-refractivity contribution is -0.117. The lowest BCUT2D eigenvalue weighted by Gasteiger charge is -2.03. The summed E-state index contributed by atoms with van der Waals surface area (Å²) in [5.74, 6) is -0.750. The summed E-state index contributed by atoms with van der Waals surface area (Å²) in [5, 5.41) is 9.99. The molecule has 1 N–H and O–H groups in total. The average Bonchev–Trinajstić information content (AvgIpc) is 2.76. The second-order valence-electron chi connectivity index (χ2n) is 3.39. The first-order chi connectivity index (χ1) is 8.04. The van der Waals surface area contributed by atoms with Gasteiger partial charge in [0.1, 0.15) is 0 Å². The Labute approximate surface area is 98.4 Å². The second-order valence-corrected chi connectivity index (χ2v) is 3.39. The number of aromatic nitrogens is 3. The van der Waals surface area contributed by atoms with Gasteiger partial charge in [0.15, 0.2) is 5.69 Å². The topological polar surface area (TPSA) is 86.1 Å². The summed E-state index contributed by atoms with van der Waals surface area (Å²) in [7, 11) is 1.27. The Morgan fingerprint density at radius 2 is 2.29 bits per heavy atom. The lowest BCUT2D eigenvalue weighted by Crippen LogP contribution is -2.27. The first kappa shape index (κ1) is 12.9. The van der Waals surface area contributed by atoms with Crippen molar-refractivity contribution < 1.29 is 14.3 Å². The van der Waals surface area contributed by atoms with Crippen molar-refractivity contribution in [1.82, 2.24) is 20.3 Å². The summed E-state index contributed by atoms with van der Waals surface area (Å²) in [6.45, 7) is 5.94. The van der Waals surface area contributed by atoms with E-state index >= 15 is 0 Å². The third-order valence-corrected chi connectivity index (χ3v) is 1.95. The number of esters is 1. The molecule has 7 nitrogen and oxygen atoms in total. The fourth-order valence-electron chi connectivity index (χ4n) is 1.04. The van der Waals surface area contributed by atoms with Crippen molar-refractivity contribution in [3.05, 3.63) is 24.0 Å². The molecule has 0 saturated heterocycles. The number of ether oxygens (including phenoxy) is 1. The van der Waals surface area contributed by atoms with E-state index in [1.54, 1.807) is 6.92 Å². The summed E-state index contributed by atoms with van der Waals surface area (Å²) in [5.41, 5.74) is 0.581. The van der Waals surface area contributed by atoms with E-state index in [2.05, 4.69) is 26.9 Å². The molecule has 7 heteroatoms. The van der Waals surface area contributed by atoms with E-state index < -0.39 is 5.97 Å². The Morgan fingerprint density at radius 1 is 1.59 bits per heavy atom. The monoisotopic (exact) mass is 238 g/mol. The predicted octanol–water partition coefficient (Wildman–Crippen LogP) is -0.243. The Hall–Kier alpha value is -2.18. The highest BCUT2D eigenvalue weighted by Crippen LogP contribution is 1.95. The molecule has 1 rings (SSSR count). The zero-order valence-corrected chi connectivity index (χ0v) is 9.77. The first-order valence-corrected chi connectivity index (χ1v) is 4.96. The molecule has 17 heavy (non-hydrogen) atoms. The van der Waals surface area contributed by atoms with Gasteiger partial charge in [-0.05, 0) is 6.92 Å². The average molecular weight is 238 g/mol. The number of hydrogen-bond acceptors (Lipinski definition) is 5. The van der Waals surface area contributed by atoms with Gasteiger partial charge >= 0.3 is 5.97 Å². The molecule has 0 aliphatic rings. The van der Waals surface area contributed by atoms with Crippen LogP contribution in [-0.4, -0.2) is 40.5 Å². The molecular weight excluding hydrogens is 224 g/mol. The van der Waals surface area contributed by atoms with Crippen LogP contribution in [0.2, 0.25) is 0 Å². The number of hydrogen-bond donors (Lipinski definition) is 1. The number of carbonyl (C=O) groups is 2. The number of nitrogens with one attached hydrogen (secondary N) is 1. The van der Waals surface area contributed by atoms with Crippen molar-refractivity contribution in [2.75, 3.05) is 13.7 Å². The fourth-order valence-corrected chi connectivity index (χ4v) is 1.04. The van der Waals surface area contributed by atoms with E-state index in [1.807, 2.05) is 0 Å². The fraction of sp³-hybridized carbons (Fsp3) is 0.400. The number of rotatable bonds is 5. The minimum Gasteiger partial charge on any atom is -0.464 e. The van der Waals surface area contributed by atoms with Gasteiger partial charge in [-0.25, -0.2) is 9.48 Å². The van der Waals surface area contributed by atoms with E-state index in [4.69, 9.17) is 0 Å². The van der Waals surface area contributed by atoms with Gasteiger partial charge in [0, 0.05) is 12.1 Å². The van der Waals surface area contributed by atoms with E-state index in [-0.39, 0.29) is 11.6 Å². The summed E-state index contributed by atoms with van der Waals surface area (Å²) in [6.07, 6.45) is 1.46. The summed E-state index contributed by atoms with van der Waals surface area (Å²) >= 11 is 0. The maximum atomic E-state index is 11.2. The molecule has 0 radical (unpaired) electrons. The summed E-state index contributed by atoms with van der Waals surface area (Å²) in [4.78, 5) is 22.2. The van der Waals surface area contributed by atoms with Gasteiger partial charge in [-0.2, -0.15) is 0 Å². The Kier molecular flexibility index (Phi) is 4.38. The standard InChI is InChI=1S/C10H14N4O3/c1-7(2)9(15)11-4-5-14-6-8(12-13-14)10(16)17-3/h6H,1,4-5H2,2-3H3,(H,11,15). The minimum absolute atomic E-state index is 0.138. The molecule has 0 bridgehead atoms. The van der Waals surface area contributed by atoms with E-state index in [1.165, 1.54) is 18.0 Å². The van der Waals surface area contributed by atoms with Crippen molar-refractivity contribution in [2.45, 2.75) is 13.5 Å². The molecule has 0 atom stereocenters. The van der Waals surface area contributed by atoms with Crippen LogP contribution in [0.3, 0.4) is 0 Å². The SMILES string of the molecule is C=C(C)C(=O)NCCn1cc(C(=O)OC)nn1. The molecular formula is C10H14N4O3. The van der Waals surface area contributed by atoms with Crippen LogP contribution in [0.1, 0.15) is 17.4 Å². The van der Waals surface area contributed by atoms with Gasteiger partial charge in [0.2, 0.25) is 5.91 Å². The molecule has 0 unspecified atom stereocenters. The molecule has 0 aromatic carbocycles. The van der Waals surface area contributed by atoms with E-state index in [0.717, 1.165) is 0 Å². The zero-order chi connectivity index (χ0) is 12.8. The van der Waals surface area contributed by atoms with Gasteiger partial charge in [0.25, 0.3) is 0 Å². The Balaban J connectivity index is 2.43. The van der Waals surface area contributed by atoms with Gasteiger partial charge in [0.05, 0.1) is 19.9 Å². The Morgan fingerprint density at radius 3 is 2.88 bits per heavy atom. The van der Waals surface area contributed by atoms with Gasteiger partial charge < -0.3 is 10.1 Å². The van der Waals surface area contributed by atoms with Crippen molar-refractivity contribution in [2.24, 2.45) is 0 Å². The van der Waals surface area contributed by atoms with E-state index in [0.29, 0.717) is 18.7 Å². The highest BCUT2D eigenvalue weighted by molar-refractivity contribution is 5.92. The smallest absolute Gasteiger partial charge is 0.360 e. The molecule has 1 aromatic heterocycles.